The SMILES string of the molecule is CCCCNC(Cc1ccc(Oc2ccnc3cc(OC)c(OC)cc23)cc1)C(=O)OC. The van der Waals surface area contributed by atoms with E-state index in [1.165, 1.54) is 7.11 Å². The summed E-state index contributed by atoms with van der Waals surface area (Å²) in [5, 5.41) is 4.10. The largest absolute Gasteiger partial charge is 0.493 e. The Morgan fingerprint density at radius 1 is 1.00 bits per heavy atom. The lowest BCUT2D eigenvalue weighted by atomic mass is 10.1. The molecule has 0 aliphatic carbocycles. The van der Waals surface area contributed by atoms with Gasteiger partial charge < -0.3 is 24.3 Å². The summed E-state index contributed by atoms with van der Waals surface area (Å²) in [5.41, 5.74) is 1.76. The third kappa shape index (κ3) is 5.68. The number of nitrogens with one attached hydrogen (secondary N) is 1. The molecule has 0 aliphatic rings. The van der Waals surface area contributed by atoms with E-state index in [2.05, 4.69) is 17.2 Å². The summed E-state index contributed by atoms with van der Waals surface area (Å²) < 4.78 is 21.8. The van der Waals surface area contributed by atoms with Crippen molar-refractivity contribution in [3.05, 3.63) is 54.2 Å². The van der Waals surface area contributed by atoms with E-state index in [-0.39, 0.29) is 12.0 Å². The number of benzene rings is 2. The van der Waals surface area contributed by atoms with E-state index in [9.17, 15) is 4.79 Å². The fraction of sp³-hybridized carbons (Fsp3) is 0.360. The summed E-state index contributed by atoms with van der Waals surface area (Å²) in [6.07, 6.45) is 4.32. The molecule has 0 fully saturated rings. The summed E-state index contributed by atoms with van der Waals surface area (Å²) in [7, 11) is 4.60. The molecule has 3 rings (SSSR count). The van der Waals surface area contributed by atoms with Crippen LogP contribution in [0.15, 0.2) is 48.7 Å². The van der Waals surface area contributed by atoms with Crippen LogP contribution in [-0.4, -0.2) is 44.9 Å². The first-order chi connectivity index (χ1) is 15.6. The van der Waals surface area contributed by atoms with E-state index < -0.39 is 0 Å². The Balaban J connectivity index is 1.76. The van der Waals surface area contributed by atoms with Crippen molar-refractivity contribution in [2.45, 2.75) is 32.2 Å². The lowest BCUT2D eigenvalue weighted by Gasteiger charge is -2.17. The van der Waals surface area contributed by atoms with Crippen molar-refractivity contribution in [2.75, 3.05) is 27.9 Å². The van der Waals surface area contributed by atoms with Gasteiger partial charge in [0.1, 0.15) is 17.5 Å². The molecule has 1 aromatic heterocycles. The van der Waals surface area contributed by atoms with Gasteiger partial charge in [-0.3, -0.25) is 9.78 Å². The van der Waals surface area contributed by atoms with Crippen LogP contribution in [0.1, 0.15) is 25.3 Å². The topological polar surface area (TPSA) is 78.9 Å². The van der Waals surface area contributed by atoms with Gasteiger partial charge in [-0.15, -0.1) is 0 Å². The molecule has 0 saturated heterocycles. The number of esters is 1. The second kappa shape index (κ2) is 11.3. The normalized spacial score (nSPS) is 11.8. The molecular weight excluding hydrogens is 408 g/mol. The molecule has 1 atom stereocenters. The molecule has 3 aromatic rings. The van der Waals surface area contributed by atoms with E-state index in [1.807, 2.05) is 42.5 Å². The first-order valence-electron chi connectivity index (χ1n) is 10.7. The molecule has 7 heteroatoms. The van der Waals surface area contributed by atoms with Crippen LogP contribution in [0.5, 0.6) is 23.0 Å². The number of pyridine rings is 1. The highest BCUT2D eigenvalue weighted by atomic mass is 16.5. The molecule has 1 heterocycles. The van der Waals surface area contributed by atoms with Gasteiger partial charge in [0.2, 0.25) is 0 Å². The summed E-state index contributed by atoms with van der Waals surface area (Å²) in [5.74, 6) is 2.32. The zero-order valence-electron chi connectivity index (χ0n) is 19.0. The van der Waals surface area contributed by atoms with Crippen LogP contribution in [-0.2, 0) is 16.0 Å². The van der Waals surface area contributed by atoms with Crippen LogP contribution in [0.3, 0.4) is 0 Å². The van der Waals surface area contributed by atoms with Crippen molar-refractivity contribution < 1.29 is 23.7 Å². The molecule has 0 spiro atoms. The Hall–Kier alpha value is -3.32. The molecule has 7 nitrogen and oxygen atoms in total. The number of aromatic nitrogens is 1. The fourth-order valence-corrected chi connectivity index (χ4v) is 3.43. The van der Waals surface area contributed by atoms with Crippen LogP contribution in [0.4, 0.5) is 0 Å². The number of methoxy groups -OCH3 is 3. The fourth-order valence-electron chi connectivity index (χ4n) is 3.43. The third-order valence-electron chi connectivity index (χ3n) is 5.20. The lowest BCUT2D eigenvalue weighted by Crippen LogP contribution is -2.39. The molecular formula is C25H30N2O5. The molecule has 0 radical (unpaired) electrons. The number of ether oxygens (including phenoxy) is 4. The first-order valence-corrected chi connectivity index (χ1v) is 10.7. The minimum Gasteiger partial charge on any atom is -0.493 e. The van der Waals surface area contributed by atoms with Crippen molar-refractivity contribution in [3.8, 4) is 23.0 Å². The van der Waals surface area contributed by atoms with Crippen LogP contribution < -0.4 is 19.5 Å². The smallest absolute Gasteiger partial charge is 0.323 e. The maximum atomic E-state index is 12.1. The van der Waals surface area contributed by atoms with Crippen molar-refractivity contribution in [2.24, 2.45) is 0 Å². The monoisotopic (exact) mass is 438 g/mol. The van der Waals surface area contributed by atoms with Gasteiger partial charge in [-0.05, 0) is 49.2 Å². The van der Waals surface area contributed by atoms with Gasteiger partial charge >= 0.3 is 5.97 Å². The molecule has 1 N–H and O–H groups in total. The Bertz CT molecular complexity index is 1040. The zero-order valence-corrected chi connectivity index (χ0v) is 19.0. The number of fused-ring (bicyclic) bond motifs is 1. The Kier molecular flexibility index (Phi) is 8.27. The average Bonchev–Trinajstić information content (AvgIpc) is 2.83. The number of carbonyl (C=O) groups is 1. The highest BCUT2D eigenvalue weighted by molar-refractivity contribution is 5.88. The number of nitrogens with zero attached hydrogens (tertiary/aromatic N) is 1. The van der Waals surface area contributed by atoms with Crippen LogP contribution in [0, 0.1) is 0 Å². The van der Waals surface area contributed by atoms with E-state index >= 15 is 0 Å². The quantitative estimate of drug-likeness (QED) is 0.348. The summed E-state index contributed by atoms with van der Waals surface area (Å²) in [6.45, 7) is 2.90. The van der Waals surface area contributed by atoms with E-state index in [4.69, 9.17) is 18.9 Å². The maximum absolute atomic E-state index is 12.1. The highest BCUT2D eigenvalue weighted by Gasteiger charge is 2.19. The van der Waals surface area contributed by atoms with E-state index in [0.717, 1.165) is 35.9 Å². The molecule has 0 bridgehead atoms. The van der Waals surface area contributed by atoms with Crippen molar-refractivity contribution in [3.63, 3.8) is 0 Å². The van der Waals surface area contributed by atoms with Gasteiger partial charge in [0.05, 0.1) is 26.8 Å². The highest BCUT2D eigenvalue weighted by Crippen LogP contribution is 2.36. The molecule has 170 valence electrons. The maximum Gasteiger partial charge on any atom is 0.323 e. The van der Waals surface area contributed by atoms with Crippen molar-refractivity contribution >= 4 is 16.9 Å². The molecule has 0 amide bonds. The second-order valence-electron chi connectivity index (χ2n) is 7.37. The molecule has 0 aliphatic heterocycles. The van der Waals surface area contributed by atoms with Gasteiger partial charge in [-0.2, -0.15) is 0 Å². The van der Waals surface area contributed by atoms with Crippen molar-refractivity contribution in [1.29, 1.82) is 0 Å². The van der Waals surface area contributed by atoms with Crippen LogP contribution >= 0.6 is 0 Å². The van der Waals surface area contributed by atoms with Crippen molar-refractivity contribution in [1.82, 2.24) is 10.3 Å². The lowest BCUT2D eigenvalue weighted by molar-refractivity contribution is -0.143. The third-order valence-corrected chi connectivity index (χ3v) is 5.20. The average molecular weight is 439 g/mol. The predicted octanol–water partition coefficient (Wildman–Crippen LogP) is 4.52. The summed E-state index contributed by atoms with van der Waals surface area (Å²) in [6, 6.07) is 12.8. The second-order valence-corrected chi connectivity index (χ2v) is 7.37. The summed E-state index contributed by atoms with van der Waals surface area (Å²) in [4.78, 5) is 16.5. The Morgan fingerprint density at radius 3 is 2.38 bits per heavy atom. The zero-order chi connectivity index (χ0) is 22.9. The van der Waals surface area contributed by atoms with Gasteiger partial charge in [-0.1, -0.05) is 25.5 Å². The van der Waals surface area contributed by atoms with Gasteiger partial charge in [0.15, 0.2) is 11.5 Å². The molecule has 0 saturated carbocycles. The standard InChI is InChI=1S/C25H30N2O5/c1-5-6-12-26-21(25(28)31-4)14-17-7-9-18(10-8-17)32-22-11-13-27-20-16-24(30-3)23(29-2)15-19(20)22/h7-11,13,15-16,21,26H,5-6,12,14H2,1-4H3. The van der Waals surface area contributed by atoms with Gasteiger partial charge in [0, 0.05) is 17.6 Å². The van der Waals surface area contributed by atoms with Gasteiger partial charge in [0.25, 0.3) is 0 Å². The Labute approximate surface area is 188 Å². The number of rotatable bonds is 11. The minimum atomic E-state index is -0.370. The van der Waals surface area contributed by atoms with E-state index in [1.54, 1.807) is 20.4 Å². The molecule has 2 aromatic carbocycles. The minimum absolute atomic E-state index is 0.255. The predicted molar refractivity (Wildman–Crippen MR) is 124 cm³/mol. The summed E-state index contributed by atoms with van der Waals surface area (Å²) >= 11 is 0. The molecule has 32 heavy (non-hydrogen) atoms. The number of hydrogen-bond acceptors (Lipinski definition) is 7. The number of hydrogen-bond donors (Lipinski definition) is 1. The van der Waals surface area contributed by atoms with Gasteiger partial charge in [-0.25, -0.2) is 0 Å². The van der Waals surface area contributed by atoms with Crippen LogP contribution in [0.25, 0.3) is 10.9 Å². The number of carbonyl (C=O) groups excluding carboxylic acids is 1. The van der Waals surface area contributed by atoms with Crippen LogP contribution in [0.2, 0.25) is 0 Å². The first kappa shape index (κ1) is 23.3. The Morgan fingerprint density at radius 2 is 1.72 bits per heavy atom. The van der Waals surface area contributed by atoms with E-state index in [0.29, 0.717) is 29.4 Å². The number of unbranched alkanes of at least 4 members (excludes halogenated alkanes) is 1. The molecule has 1 unspecified atom stereocenters.